The Morgan fingerprint density at radius 3 is 2.58 bits per heavy atom. The molecule has 0 bridgehead atoms. The van der Waals surface area contributed by atoms with Crippen molar-refractivity contribution >= 4 is 17.3 Å². The first-order chi connectivity index (χ1) is 8.69. The lowest BCUT2D eigenvalue weighted by atomic mass is 10.1. The summed E-state index contributed by atoms with van der Waals surface area (Å²) in [7, 11) is 1.23. The molecule has 0 aliphatic carbocycles. The second-order valence-electron chi connectivity index (χ2n) is 4.37. The Balaban J connectivity index is 2.61. The molecule has 0 saturated carbocycles. The van der Waals surface area contributed by atoms with Gasteiger partial charge in [-0.25, -0.2) is 0 Å². The van der Waals surface area contributed by atoms with Crippen LogP contribution in [0.3, 0.4) is 0 Å². The third-order valence-corrected chi connectivity index (χ3v) is 2.43. The Morgan fingerprint density at radius 2 is 2.05 bits per heavy atom. The molecule has 0 aliphatic heterocycles. The highest BCUT2D eigenvalue weighted by Crippen LogP contribution is 2.22. The molecule has 106 valence electrons. The molecule has 19 heavy (non-hydrogen) atoms. The largest absolute Gasteiger partial charge is 0.401 e. The number of rotatable bonds is 4. The molecule has 0 spiro atoms. The van der Waals surface area contributed by atoms with E-state index < -0.39 is 18.6 Å². The summed E-state index contributed by atoms with van der Waals surface area (Å²) in [6.45, 7) is 0.266. The molecular weight excluding hydrogens is 259 g/mol. The third-order valence-electron chi connectivity index (χ3n) is 2.43. The summed E-state index contributed by atoms with van der Waals surface area (Å²) in [5.74, 6) is -0.534. The van der Waals surface area contributed by atoms with E-state index in [9.17, 15) is 18.0 Å². The number of amides is 1. The number of carbonyl (C=O) groups is 1. The number of alkyl halides is 3. The number of nitrogen functional groups attached to an aromatic ring is 1. The molecule has 1 amide bonds. The van der Waals surface area contributed by atoms with E-state index in [1.54, 1.807) is 25.1 Å². The van der Waals surface area contributed by atoms with Gasteiger partial charge in [-0.05, 0) is 25.6 Å². The van der Waals surface area contributed by atoms with E-state index in [0.717, 1.165) is 10.5 Å². The van der Waals surface area contributed by atoms with Crippen LogP contribution in [-0.2, 0) is 4.79 Å². The summed E-state index contributed by atoms with van der Waals surface area (Å²) >= 11 is 0. The third kappa shape index (κ3) is 5.17. The van der Waals surface area contributed by atoms with Gasteiger partial charge in [0.15, 0.2) is 0 Å². The summed E-state index contributed by atoms with van der Waals surface area (Å²) in [6, 6.07) is 5.10. The predicted octanol–water partition coefficient (Wildman–Crippen LogP) is 2.01. The van der Waals surface area contributed by atoms with Crippen molar-refractivity contribution in [3.8, 4) is 0 Å². The van der Waals surface area contributed by atoms with Crippen LogP contribution in [0.2, 0.25) is 0 Å². The Kier molecular flexibility index (Phi) is 4.77. The van der Waals surface area contributed by atoms with E-state index in [1.807, 2.05) is 0 Å². The average Bonchev–Trinajstić information content (AvgIpc) is 2.20. The summed E-state index contributed by atoms with van der Waals surface area (Å²) in [4.78, 5) is 12.5. The molecule has 7 heteroatoms. The first kappa shape index (κ1) is 15.3. The zero-order valence-electron chi connectivity index (χ0n) is 10.7. The number of likely N-dealkylation sites (N-methyl/N-ethyl adjacent to an activating group) is 1. The van der Waals surface area contributed by atoms with E-state index in [-0.39, 0.29) is 6.54 Å². The van der Waals surface area contributed by atoms with Crippen LogP contribution in [0.25, 0.3) is 0 Å². The molecule has 1 aromatic rings. The molecule has 3 N–H and O–H groups in total. The normalized spacial score (nSPS) is 11.7. The van der Waals surface area contributed by atoms with Crippen LogP contribution in [0.15, 0.2) is 18.2 Å². The monoisotopic (exact) mass is 275 g/mol. The molecule has 0 aliphatic rings. The minimum absolute atomic E-state index is 0.354. The second-order valence-corrected chi connectivity index (χ2v) is 4.37. The van der Waals surface area contributed by atoms with Gasteiger partial charge in [-0.2, -0.15) is 13.2 Å². The van der Waals surface area contributed by atoms with Gasteiger partial charge in [0.25, 0.3) is 0 Å². The van der Waals surface area contributed by atoms with Gasteiger partial charge in [0, 0.05) is 0 Å². The Labute approximate surface area is 109 Å². The maximum Gasteiger partial charge on any atom is 0.401 e. The van der Waals surface area contributed by atoms with Crippen LogP contribution in [0.5, 0.6) is 0 Å². The van der Waals surface area contributed by atoms with Gasteiger partial charge in [0.2, 0.25) is 5.91 Å². The molecule has 4 nitrogen and oxygen atoms in total. The number of para-hydroxylation sites is 1. The highest BCUT2D eigenvalue weighted by atomic mass is 19.4. The van der Waals surface area contributed by atoms with Crippen LogP contribution in [0, 0.1) is 6.92 Å². The standard InChI is InChI=1S/C12H16F3N3O/c1-8-4-3-5-9(16)11(8)17-10(19)6-18(2)7-12(13,14)15/h3-5H,6-7,16H2,1-2H3,(H,17,19). The summed E-state index contributed by atoms with van der Waals surface area (Å²) in [5.41, 5.74) is 7.27. The lowest BCUT2D eigenvalue weighted by Gasteiger charge is -2.18. The number of hydrogen-bond acceptors (Lipinski definition) is 3. The molecular formula is C12H16F3N3O. The van der Waals surface area contributed by atoms with Crippen molar-refractivity contribution < 1.29 is 18.0 Å². The first-order valence-corrected chi connectivity index (χ1v) is 5.59. The van der Waals surface area contributed by atoms with Crippen LogP contribution in [-0.4, -0.2) is 37.1 Å². The van der Waals surface area contributed by atoms with Gasteiger partial charge in [0.05, 0.1) is 24.5 Å². The van der Waals surface area contributed by atoms with Gasteiger partial charge in [-0.1, -0.05) is 12.1 Å². The molecule has 1 rings (SSSR count). The quantitative estimate of drug-likeness (QED) is 0.826. The van der Waals surface area contributed by atoms with E-state index in [0.29, 0.717) is 11.4 Å². The van der Waals surface area contributed by atoms with Crippen molar-refractivity contribution in [2.24, 2.45) is 0 Å². The topological polar surface area (TPSA) is 58.4 Å². The number of hydrogen-bond donors (Lipinski definition) is 2. The Hall–Kier alpha value is -1.76. The van der Waals surface area contributed by atoms with Crippen LogP contribution in [0.4, 0.5) is 24.5 Å². The number of nitrogens with one attached hydrogen (secondary N) is 1. The number of nitrogens with two attached hydrogens (primary N) is 1. The fraction of sp³-hybridized carbons (Fsp3) is 0.417. The molecule has 0 radical (unpaired) electrons. The second kappa shape index (κ2) is 5.92. The molecule has 1 aromatic carbocycles. The maximum atomic E-state index is 12.1. The molecule has 0 atom stereocenters. The minimum Gasteiger partial charge on any atom is -0.397 e. The van der Waals surface area contributed by atoms with E-state index >= 15 is 0 Å². The number of halogens is 3. The molecule has 0 fully saturated rings. The SMILES string of the molecule is Cc1cccc(N)c1NC(=O)CN(C)CC(F)(F)F. The number of nitrogens with zero attached hydrogens (tertiary/aromatic N) is 1. The van der Waals surface area contributed by atoms with Crippen LogP contribution < -0.4 is 11.1 Å². The van der Waals surface area contributed by atoms with Crippen molar-refractivity contribution in [1.82, 2.24) is 4.90 Å². The fourth-order valence-electron chi connectivity index (χ4n) is 1.65. The van der Waals surface area contributed by atoms with Crippen molar-refractivity contribution in [3.05, 3.63) is 23.8 Å². The van der Waals surface area contributed by atoms with Crippen molar-refractivity contribution in [2.45, 2.75) is 13.1 Å². The van der Waals surface area contributed by atoms with Crippen molar-refractivity contribution in [1.29, 1.82) is 0 Å². The van der Waals surface area contributed by atoms with Gasteiger partial charge in [-0.3, -0.25) is 9.69 Å². The van der Waals surface area contributed by atoms with Gasteiger partial charge < -0.3 is 11.1 Å². The number of anilines is 2. The average molecular weight is 275 g/mol. The van der Waals surface area contributed by atoms with Crippen molar-refractivity contribution in [3.63, 3.8) is 0 Å². The van der Waals surface area contributed by atoms with E-state index in [4.69, 9.17) is 5.73 Å². The zero-order chi connectivity index (χ0) is 14.6. The summed E-state index contributed by atoms with van der Waals surface area (Å²) in [6.07, 6.45) is -4.32. The van der Waals surface area contributed by atoms with Gasteiger partial charge in [-0.15, -0.1) is 0 Å². The van der Waals surface area contributed by atoms with Crippen LogP contribution >= 0.6 is 0 Å². The Bertz CT molecular complexity index is 440. The minimum atomic E-state index is -4.32. The van der Waals surface area contributed by atoms with Crippen molar-refractivity contribution in [2.75, 3.05) is 31.2 Å². The lowest BCUT2D eigenvalue weighted by molar-refractivity contribution is -0.145. The molecule has 0 heterocycles. The maximum absolute atomic E-state index is 12.1. The van der Waals surface area contributed by atoms with Crippen LogP contribution in [0.1, 0.15) is 5.56 Å². The van der Waals surface area contributed by atoms with Gasteiger partial charge in [0.1, 0.15) is 0 Å². The first-order valence-electron chi connectivity index (χ1n) is 5.59. The van der Waals surface area contributed by atoms with E-state index in [2.05, 4.69) is 5.32 Å². The molecule has 0 saturated heterocycles. The predicted molar refractivity (Wildman–Crippen MR) is 67.8 cm³/mol. The number of aryl methyl sites for hydroxylation is 1. The molecule has 0 aromatic heterocycles. The molecule has 0 unspecified atom stereocenters. The zero-order valence-corrected chi connectivity index (χ0v) is 10.7. The number of benzene rings is 1. The highest BCUT2D eigenvalue weighted by molar-refractivity contribution is 5.96. The lowest BCUT2D eigenvalue weighted by Crippen LogP contribution is -2.37. The fourth-order valence-corrected chi connectivity index (χ4v) is 1.65. The Morgan fingerprint density at radius 1 is 1.42 bits per heavy atom. The van der Waals surface area contributed by atoms with Gasteiger partial charge >= 0.3 is 6.18 Å². The van der Waals surface area contributed by atoms with E-state index in [1.165, 1.54) is 7.05 Å². The number of carbonyl (C=O) groups excluding carboxylic acids is 1. The summed E-state index contributed by atoms with van der Waals surface area (Å²) in [5, 5.41) is 2.52. The summed E-state index contributed by atoms with van der Waals surface area (Å²) < 4.78 is 36.4. The highest BCUT2D eigenvalue weighted by Gasteiger charge is 2.29. The smallest absolute Gasteiger partial charge is 0.397 e.